The Hall–Kier alpha value is -1.68. The molecule has 0 saturated heterocycles. The van der Waals surface area contributed by atoms with Crippen LogP contribution in [0.3, 0.4) is 0 Å². The lowest BCUT2D eigenvalue weighted by molar-refractivity contribution is 0.0951. The summed E-state index contributed by atoms with van der Waals surface area (Å²) in [5.41, 5.74) is 1.85. The van der Waals surface area contributed by atoms with E-state index in [0.717, 1.165) is 28.2 Å². The average molecular weight is 275 g/mol. The Kier molecular flexibility index (Phi) is 5.10. The fourth-order valence-corrected chi connectivity index (χ4v) is 2.59. The van der Waals surface area contributed by atoms with Gasteiger partial charge >= 0.3 is 0 Å². The van der Waals surface area contributed by atoms with Crippen LogP contribution >= 0.6 is 11.8 Å². The van der Waals surface area contributed by atoms with Crippen LogP contribution in [0.4, 0.5) is 0 Å². The van der Waals surface area contributed by atoms with Crippen LogP contribution in [0.15, 0.2) is 52.2 Å². The molecule has 0 aliphatic carbocycles. The maximum atomic E-state index is 12.1. The Morgan fingerprint density at radius 3 is 2.89 bits per heavy atom. The van der Waals surface area contributed by atoms with Crippen molar-refractivity contribution in [2.45, 2.75) is 18.2 Å². The van der Waals surface area contributed by atoms with Crippen LogP contribution in [0.1, 0.15) is 22.8 Å². The normalized spacial score (nSPS) is 10.4. The molecule has 3 nitrogen and oxygen atoms in total. The SMILES string of the molecule is CCSc1ccccc1C(=O)NCCc1ccoc1. The van der Waals surface area contributed by atoms with E-state index in [-0.39, 0.29) is 5.91 Å². The Labute approximate surface area is 117 Å². The van der Waals surface area contributed by atoms with Crippen LogP contribution < -0.4 is 5.32 Å². The summed E-state index contributed by atoms with van der Waals surface area (Å²) in [6.07, 6.45) is 4.13. The van der Waals surface area contributed by atoms with Crippen molar-refractivity contribution in [3.05, 3.63) is 54.0 Å². The molecule has 2 aromatic rings. The zero-order chi connectivity index (χ0) is 13.5. The lowest BCUT2D eigenvalue weighted by atomic mass is 10.2. The Bertz CT molecular complexity index is 523. The highest BCUT2D eigenvalue weighted by Gasteiger charge is 2.10. The van der Waals surface area contributed by atoms with Crippen LogP contribution in [-0.2, 0) is 6.42 Å². The smallest absolute Gasteiger partial charge is 0.252 e. The molecule has 19 heavy (non-hydrogen) atoms. The lowest BCUT2D eigenvalue weighted by Gasteiger charge is -2.08. The molecule has 0 radical (unpaired) electrons. The molecule has 4 heteroatoms. The van der Waals surface area contributed by atoms with E-state index >= 15 is 0 Å². The van der Waals surface area contributed by atoms with Gasteiger partial charge in [-0.25, -0.2) is 0 Å². The van der Waals surface area contributed by atoms with E-state index in [9.17, 15) is 4.79 Å². The van der Waals surface area contributed by atoms with Gasteiger partial charge in [-0.05, 0) is 35.9 Å². The zero-order valence-corrected chi connectivity index (χ0v) is 11.7. The van der Waals surface area contributed by atoms with E-state index in [1.54, 1.807) is 24.3 Å². The molecule has 0 unspecified atom stereocenters. The fourth-order valence-electron chi connectivity index (χ4n) is 1.79. The van der Waals surface area contributed by atoms with Gasteiger partial charge in [0.1, 0.15) is 0 Å². The molecule has 0 saturated carbocycles. The minimum atomic E-state index is -0.0138. The number of hydrogen-bond acceptors (Lipinski definition) is 3. The Morgan fingerprint density at radius 2 is 2.16 bits per heavy atom. The number of amides is 1. The summed E-state index contributed by atoms with van der Waals surface area (Å²) in [6, 6.07) is 9.61. The van der Waals surface area contributed by atoms with Crippen molar-refractivity contribution in [2.75, 3.05) is 12.3 Å². The van der Waals surface area contributed by atoms with Crippen molar-refractivity contribution < 1.29 is 9.21 Å². The van der Waals surface area contributed by atoms with E-state index in [1.807, 2.05) is 30.3 Å². The summed E-state index contributed by atoms with van der Waals surface area (Å²) >= 11 is 1.69. The van der Waals surface area contributed by atoms with Crippen molar-refractivity contribution in [2.24, 2.45) is 0 Å². The molecule has 1 heterocycles. The first-order valence-electron chi connectivity index (χ1n) is 6.32. The van der Waals surface area contributed by atoms with E-state index in [1.165, 1.54) is 0 Å². The quantitative estimate of drug-likeness (QED) is 0.822. The van der Waals surface area contributed by atoms with Gasteiger partial charge in [0.05, 0.1) is 18.1 Å². The minimum Gasteiger partial charge on any atom is -0.472 e. The van der Waals surface area contributed by atoms with Crippen molar-refractivity contribution >= 4 is 17.7 Å². The Balaban J connectivity index is 1.92. The first-order valence-corrected chi connectivity index (χ1v) is 7.31. The number of carbonyl (C=O) groups is 1. The summed E-state index contributed by atoms with van der Waals surface area (Å²) in [7, 11) is 0. The van der Waals surface area contributed by atoms with Crippen molar-refractivity contribution in [3.8, 4) is 0 Å². The second-order valence-electron chi connectivity index (χ2n) is 4.07. The third-order valence-electron chi connectivity index (χ3n) is 2.71. The molecule has 0 aliphatic heterocycles. The number of thioether (sulfide) groups is 1. The van der Waals surface area contributed by atoms with Crippen LogP contribution in [0.5, 0.6) is 0 Å². The molecular formula is C15H17NO2S. The summed E-state index contributed by atoms with van der Waals surface area (Å²) in [5, 5.41) is 2.94. The second-order valence-corrected chi connectivity index (χ2v) is 5.37. The number of nitrogens with one attached hydrogen (secondary N) is 1. The highest BCUT2D eigenvalue weighted by Crippen LogP contribution is 2.21. The first-order chi connectivity index (χ1) is 9.31. The van der Waals surface area contributed by atoms with Gasteiger partial charge in [0.25, 0.3) is 5.91 Å². The predicted molar refractivity (Wildman–Crippen MR) is 77.6 cm³/mol. The predicted octanol–water partition coefficient (Wildman–Crippen LogP) is 3.36. The van der Waals surface area contributed by atoms with Gasteiger partial charge in [-0.2, -0.15) is 0 Å². The highest BCUT2D eigenvalue weighted by atomic mass is 32.2. The zero-order valence-electron chi connectivity index (χ0n) is 10.9. The summed E-state index contributed by atoms with van der Waals surface area (Å²) in [5.74, 6) is 0.944. The minimum absolute atomic E-state index is 0.0138. The first kappa shape index (κ1) is 13.7. The van der Waals surface area contributed by atoms with Crippen LogP contribution in [0.25, 0.3) is 0 Å². The summed E-state index contributed by atoms with van der Waals surface area (Å²) in [6.45, 7) is 2.70. The molecule has 100 valence electrons. The van der Waals surface area contributed by atoms with Gasteiger partial charge in [0, 0.05) is 11.4 Å². The molecule has 1 N–H and O–H groups in total. The van der Waals surface area contributed by atoms with Crippen LogP contribution in [0.2, 0.25) is 0 Å². The lowest BCUT2D eigenvalue weighted by Crippen LogP contribution is -2.26. The molecule has 1 aromatic carbocycles. The second kappa shape index (κ2) is 7.04. The molecule has 1 aromatic heterocycles. The summed E-state index contributed by atoms with van der Waals surface area (Å²) < 4.78 is 4.99. The van der Waals surface area contributed by atoms with Crippen LogP contribution in [0, 0.1) is 0 Å². The van der Waals surface area contributed by atoms with Crippen molar-refractivity contribution in [1.29, 1.82) is 0 Å². The number of hydrogen-bond donors (Lipinski definition) is 1. The highest BCUT2D eigenvalue weighted by molar-refractivity contribution is 7.99. The van der Waals surface area contributed by atoms with Gasteiger partial charge in [-0.1, -0.05) is 19.1 Å². The molecular weight excluding hydrogens is 258 g/mol. The molecule has 0 bridgehead atoms. The van der Waals surface area contributed by atoms with E-state index < -0.39 is 0 Å². The van der Waals surface area contributed by atoms with Gasteiger partial charge < -0.3 is 9.73 Å². The average Bonchev–Trinajstić information content (AvgIpc) is 2.93. The van der Waals surface area contributed by atoms with E-state index in [0.29, 0.717) is 6.54 Å². The largest absolute Gasteiger partial charge is 0.472 e. The molecule has 0 atom stereocenters. The van der Waals surface area contributed by atoms with E-state index in [2.05, 4.69) is 12.2 Å². The number of rotatable bonds is 6. The van der Waals surface area contributed by atoms with E-state index in [4.69, 9.17) is 4.42 Å². The monoisotopic (exact) mass is 275 g/mol. The maximum absolute atomic E-state index is 12.1. The Morgan fingerprint density at radius 1 is 1.32 bits per heavy atom. The molecule has 1 amide bonds. The van der Waals surface area contributed by atoms with Gasteiger partial charge in [0.2, 0.25) is 0 Å². The van der Waals surface area contributed by atoms with Crippen LogP contribution in [-0.4, -0.2) is 18.2 Å². The third-order valence-corrected chi connectivity index (χ3v) is 3.67. The third kappa shape index (κ3) is 3.89. The molecule has 2 rings (SSSR count). The number of furan rings is 1. The van der Waals surface area contributed by atoms with Gasteiger partial charge in [0.15, 0.2) is 0 Å². The molecule has 0 fully saturated rings. The van der Waals surface area contributed by atoms with Crippen molar-refractivity contribution in [1.82, 2.24) is 5.32 Å². The number of benzene rings is 1. The standard InChI is InChI=1S/C15H17NO2S/c1-2-19-14-6-4-3-5-13(14)15(17)16-9-7-12-8-10-18-11-12/h3-6,8,10-11H,2,7,9H2,1H3,(H,16,17). The van der Waals surface area contributed by atoms with Gasteiger partial charge in [-0.15, -0.1) is 11.8 Å². The van der Waals surface area contributed by atoms with Crippen molar-refractivity contribution in [3.63, 3.8) is 0 Å². The number of carbonyl (C=O) groups excluding carboxylic acids is 1. The topological polar surface area (TPSA) is 42.2 Å². The summed E-state index contributed by atoms with van der Waals surface area (Å²) in [4.78, 5) is 13.2. The molecule has 0 aliphatic rings. The van der Waals surface area contributed by atoms with Gasteiger partial charge in [-0.3, -0.25) is 4.79 Å². The fraction of sp³-hybridized carbons (Fsp3) is 0.267. The molecule has 0 spiro atoms. The maximum Gasteiger partial charge on any atom is 0.252 e.